The number of rotatable bonds is 11. The maximum atomic E-state index is 13.1. The van der Waals surface area contributed by atoms with Crippen LogP contribution in [-0.4, -0.2) is 73.1 Å². The van der Waals surface area contributed by atoms with Crippen molar-refractivity contribution < 1.29 is 18.8 Å². The average Bonchev–Trinajstić information content (AvgIpc) is 3.48. The molecule has 174 valence electrons. The van der Waals surface area contributed by atoms with E-state index in [4.69, 9.17) is 9.26 Å². The van der Waals surface area contributed by atoms with Crippen molar-refractivity contribution in [2.24, 2.45) is 5.92 Å². The quantitative estimate of drug-likeness (QED) is 0.576. The van der Waals surface area contributed by atoms with Gasteiger partial charge in [-0.05, 0) is 44.0 Å². The minimum absolute atomic E-state index is 0.0389. The molecule has 32 heavy (non-hydrogen) atoms. The number of aromatic nitrogens is 1. The summed E-state index contributed by atoms with van der Waals surface area (Å²) in [7, 11) is 1.60. The molecule has 8 heteroatoms. The SMILES string of the molecule is COc1cccc(-c2cc(C(=O)N(CCC(=O)NCCN3CCCC3)CC(C)C)no2)c1. The predicted molar refractivity (Wildman–Crippen MR) is 123 cm³/mol. The number of carbonyl (C=O) groups excluding carboxylic acids is 2. The normalized spacial score (nSPS) is 14.0. The highest BCUT2D eigenvalue weighted by molar-refractivity contribution is 5.93. The number of nitrogens with zero attached hydrogens (tertiary/aromatic N) is 3. The molecule has 2 amide bonds. The highest BCUT2D eigenvalue weighted by atomic mass is 16.5. The van der Waals surface area contributed by atoms with Gasteiger partial charge in [-0.2, -0.15) is 0 Å². The Morgan fingerprint density at radius 1 is 1.25 bits per heavy atom. The van der Waals surface area contributed by atoms with Crippen molar-refractivity contribution in [3.63, 3.8) is 0 Å². The Morgan fingerprint density at radius 3 is 2.75 bits per heavy atom. The second-order valence-electron chi connectivity index (χ2n) is 8.60. The zero-order valence-corrected chi connectivity index (χ0v) is 19.3. The third-order valence-corrected chi connectivity index (χ3v) is 5.51. The molecule has 0 saturated carbocycles. The van der Waals surface area contributed by atoms with Gasteiger partial charge in [0.15, 0.2) is 11.5 Å². The molecular formula is C24H34N4O4. The number of hydrogen-bond acceptors (Lipinski definition) is 6. The zero-order valence-electron chi connectivity index (χ0n) is 19.3. The van der Waals surface area contributed by atoms with E-state index in [0.717, 1.165) is 25.2 Å². The van der Waals surface area contributed by atoms with E-state index >= 15 is 0 Å². The fourth-order valence-corrected chi connectivity index (χ4v) is 3.85. The molecule has 8 nitrogen and oxygen atoms in total. The number of hydrogen-bond donors (Lipinski definition) is 1. The fourth-order valence-electron chi connectivity index (χ4n) is 3.85. The van der Waals surface area contributed by atoms with E-state index in [1.165, 1.54) is 12.8 Å². The first-order chi connectivity index (χ1) is 15.5. The third kappa shape index (κ3) is 6.82. The Hall–Kier alpha value is -2.87. The summed E-state index contributed by atoms with van der Waals surface area (Å²) in [5.41, 5.74) is 1.02. The second kappa shape index (κ2) is 11.7. The number of likely N-dealkylation sites (tertiary alicyclic amines) is 1. The average molecular weight is 443 g/mol. The van der Waals surface area contributed by atoms with Gasteiger partial charge in [0.2, 0.25) is 5.91 Å². The van der Waals surface area contributed by atoms with Crippen LogP contribution in [-0.2, 0) is 4.79 Å². The molecule has 0 radical (unpaired) electrons. The molecule has 1 aliphatic rings. The van der Waals surface area contributed by atoms with E-state index in [0.29, 0.717) is 31.1 Å². The lowest BCUT2D eigenvalue weighted by Crippen LogP contribution is -2.39. The van der Waals surface area contributed by atoms with Crippen LogP contribution in [0.4, 0.5) is 0 Å². The van der Waals surface area contributed by atoms with Crippen molar-refractivity contribution in [2.75, 3.05) is 46.4 Å². The van der Waals surface area contributed by atoms with Gasteiger partial charge in [0.05, 0.1) is 7.11 Å². The first-order valence-electron chi connectivity index (χ1n) is 11.4. The van der Waals surface area contributed by atoms with Crippen LogP contribution in [0.1, 0.15) is 43.6 Å². The van der Waals surface area contributed by atoms with Gasteiger partial charge in [-0.3, -0.25) is 9.59 Å². The van der Waals surface area contributed by atoms with Gasteiger partial charge in [-0.15, -0.1) is 0 Å². The Bertz CT molecular complexity index is 890. The maximum absolute atomic E-state index is 13.1. The van der Waals surface area contributed by atoms with Crippen molar-refractivity contribution in [3.05, 3.63) is 36.0 Å². The number of carbonyl (C=O) groups is 2. The van der Waals surface area contributed by atoms with E-state index in [-0.39, 0.29) is 29.8 Å². The molecule has 0 spiro atoms. The van der Waals surface area contributed by atoms with Crippen LogP contribution in [0.5, 0.6) is 5.75 Å². The van der Waals surface area contributed by atoms with Crippen LogP contribution in [0.3, 0.4) is 0 Å². The lowest BCUT2D eigenvalue weighted by molar-refractivity contribution is -0.121. The lowest BCUT2D eigenvalue weighted by Gasteiger charge is -2.23. The first kappa shape index (κ1) is 23.8. The van der Waals surface area contributed by atoms with E-state index in [2.05, 4.69) is 15.4 Å². The van der Waals surface area contributed by atoms with E-state index in [1.807, 2.05) is 38.1 Å². The summed E-state index contributed by atoms with van der Waals surface area (Å²) in [6.45, 7) is 8.72. The topological polar surface area (TPSA) is 87.9 Å². The molecular weight excluding hydrogens is 408 g/mol. The number of methoxy groups -OCH3 is 1. The zero-order chi connectivity index (χ0) is 22.9. The largest absolute Gasteiger partial charge is 0.497 e. The molecule has 2 aromatic rings. The van der Waals surface area contributed by atoms with Crippen molar-refractivity contribution in [1.29, 1.82) is 0 Å². The van der Waals surface area contributed by atoms with Crippen molar-refractivity contribution in [1.82, 2.24) is 20.3 Å². The van der Waals surface area contributed by atoms with Crippen molar-refractivity contribution >= 4 is 11.8 Å². The van der Waals surface area contributed by atoms with Crippen LogP contribution in [0.2, 0.25) is 0 Å². The second-order valence-corrected chi connectivity index (χ2v) is 8.60. The minimum Gasteiger partial charge on any atom is -0.497 e. The molecule has 3 rings (SSSR count). The van der Waals surface area contributed by atoms with Gasteiger partial charge in [-0.1, -0.05) is 31.1 Å². The van der Waals surface area contributed by atoms with Gasteiger partial charge in [0.1, 0.15) is 5.75 Å². The van der Waals surface area contributed by atoms with Gasteiger partial charge in [0.25, 0.3) is 5.91 Å². The Labute approximate surface area is 189 Å². The molecule has 1 fully saturated rings. The summed E-state index contributed by atoms with van der Waals surface area (Å²) in [6.07, 6.45) is 2.74. The predicted octanol–water partition coefficient (Wildman–Crippen LogP) is 3.05. The summed E-state index contributed by atoms with van der Waals surface area (Å²) in [5.74, 6) is 1.19. The van der Waals surface area contributed by atoms with Crippen LogP contribution in [0.25, 0.3) is 11.3 Å². The summed E-state index contributed by atoms with van der Waals surface area (Å²) in [5, 5.41) is 6.95. The van der Waals surface area contributed by atoms with Gasteiger partial charge < -0.3 is 24.4 Å². The van der Waals surface area contributed by atoms with Crippen LogP contribution in [0, 0.1) is 5.92 Å². The molecule has 1 aromatic heterocycles. The number of benzene rings is 1. The van der Waals surface area contributed by atoms with E-state index in [1.54, 1.807) is 18.1 Å². The molecule has 0 aliphatic carbocycles. The summed E-state index contributed by atoms with van der Waals surface area (Å²) in [6, 6.07) is 9.03. The number of ether oxygens (including phenoxy) is 1. The monoisotopic (exact) mass is 442 g/mol. The van der Waals surface area contributed by atoms with Crippen LogP contribution >= 0.6 is 0 Å². The highest BCUT2D eigenvalue weighted by Crippen LogP contribution is 2.25. The smallest absolute Gasteiger partial charge is 0.276 e. The van der Waals surface area contributed by atoms with Crippen molar-refractivity contribution in [3.8, 4) is 17.1 Å². The van der Waals surface area contributed by atoms with E-state index in [9.17, 15) is 9.59 Å². The highest BCUT2D eigenvalue weighted by Gasteiger charge is 2.22. The third-order valence-electron chi connectivity index (χ3n) is 5.51. The molecule has 0 bridgehead atoms. The lowest BCUT2D eigenvalue weighted by atomic mass is 10.1. The summed E-state index contributed by atoms with van der Waals surface area (Å²) < 4.78 is 10.7. The summed E-state index contributed by atoms with van der Waals surface area (Å²) in [4.78, 5) is 29.4. The van der Waals surface area contributed by atoms with Gasteiger partial charge in [0, 0.05) is 44.2 Å². The fraction of sp³-hybridized carbons (Fsp3) is 0.542. The Balaban J connectivity index is 1.57. The molecule has 2 heterocycles. The molecule has 1 N–H and O–H groups in total. The number of nitrogens with one attached hydrogen (secondary N) is 1. The molecule has 1 aliphatic heterocycles. The maximum Gasteiger partial charge on any atom is 0.276 e. The van der Waals surface area contributed by atoms with Crippen LogP contribution < -0.4 is 10.1 Å². The Morgan fingerprint density at radius 2 is 2.03 bits per heavy atom. The standard InChI is InChI=1S/C24H34N4O4/c1-18(2)17-28(13-9-23(29)25-10-14-27-11-4-5-12-27)24(30)21-16-22(32-26-21)19-7-6-8-20(15-19)31-3/h6-8,15-16,18H,4-5,9-14,17H2,1-3H3,(H,25,29). The van der Waals surface area contributed by atoms with Gasteiger partial charge >= 0.3 is 0 Å². The first-order valence-corrected chi connectivity index (χ1v) is 11.4. The number of amides is 2. The van der Waals surface area contributed by atoms with Gasteiger partial charge in [-0.25, -0.2) is 0 Å². The Kier molecular flexibility index (Phi) is 8.67. The minimum atomic E-state index is -0.235. The molecule has 1 saturated heterocycles. The molecule has 0 unspecified atom stereocenters. The molecule has 1 aromatic carbocycles. The van der Waals surface area contributed by atoms with E-state index < -0.39 is 0 Å². The summed E-state index contributed by atoms with van der Waals surface area (Å²) >= 11 is 0. The van der Waals surface area contributed by atoms with Crippen LogP contribution in [0.15, 0.2) is 34.9 Å². The molecule has 0 atom stereocenters. The van der Waals surface area contributed by atoms with Crippen molar-refractivity contribution in [2.45, 2.75) is 33.1 Å².